The van der Waals surface area contributed by atoms with Crippen LogP contribution in [0.1, 0.15) is 47.0 Å². The molecule has 2 heteroatoms. The minimum Gasteiger partial charge on any atom is -0.393 e. The van der Waals surface area contributed by atoms with Gasteiger partial charge in [-0.2, -0.15) is 0 Å². The van der Waals surface area contributed by atoms with Gasteiger partial charge in [-0.1, -0.05) is 25.5 Å². The molecule has 2 nitrogen and oxygen atoms in total. The Bertz CT molecular complexity index is 247. The summed E-state index contributed by atoms with van der Waals surface area (Å²) in [5, 5.41) is 12.9. The third kappa shape index (κ3) is 5.22. The molecule has 1 aliphatic carbocycles. The Labute approximate surface area is 106 Å². The number of hydrogen-bond donors (Lipinski definition) is 2. The molecule has 100 valence electrons. The lowest BCUT2D eigenvalue weighted by atomic mass is 9.80. The van der Waals surface area contributed by atoms with E-state index in [-0.39, 0.29) is 6.10 Å². The maximum Gasteiger partial charge on any atom is 0.0515 e. The summed E-state index contributed by atoms with van der Waals surface area (Å²) >= 11 is 0. The summed E-state index contributed by atoms with van der Waals surface area (Å²) in [5.74, 6) is 2.07. The summed E-state index contributed by atoms with van der Waals surface area (Å²) in [6, 6.07) is 0. The Morgan fingerprint density at radius 2 is 2.18 bits per heavy atom. The van der Waals surface area contributed by atoms with Gasteiger partial charge in [-0.05, 0) is 57.4 Å². The molecular weight excluding hydrogens is 210 g/mol. The fourth-order valence-electron chi connectivity index (χ4n) is 2.89. The molecule has 0 fully saturated rings. The van der Waals surface area contributed by atoms with E-state index in [9.17, 15) is 5.11 Å². The minimum atomic E-state index is -0.179. The third-order valence-corrected chi connectivity index (χ3v) is 3.96. The van der Waals surface area contributed by atoms with E-state index >= 15 is 0 Å². The van der Waals surface area contributed by atoms with Crippen molar-refractivity contribution in [2.75, 3.05) is 13.1 Å². The number of aliphatic hydroxyl groups excluding tert-OH is 1. The molecular formula is C15H29NO. The van der Waals surface area contributed by atoms with E-state index in [1.807, 2.05) is 6.92 Å². The number of aliphatic hydroxyl groups is 1. The first kappa shape index (κ1) is 14.7. The van der Waals surface area contributed by atoms with Crippen LogP contribution in [-0.2, 0) is 0 Å². The van der Waals surface area contributed by atoms with Crippen molar-refractivity contribution in [3.05, 3.63) is 11.6 Å². The summed E-state index contributed by atoms with van der Waals surface area (Å²) in [4.78, 5) is 0. The van der Waals surface area contributed by atoms with Crippen LogP contribution in [0.15, 0.2) is 11.6 Å². The molecule has 0 heterocycles. The van der Waals surface area contributed by atoms with Crippen LogP contribution in [0.2, 0.25) is 0 Å². The molecule has 0 aromatic rings. The maximum atomic E-state index is 9.32. The zero-order valence-electron chi connectivity index (χ0n) is 11.9. The first-order chi connectivity index (χ1) is 8.00. The fourth-order valence-corrected chi connectivity index (χ4v) is 2.89. The molecule has 2 N–H and O–H groups in total. The molecule has 0 saturated carbocycles. The van der Waals surface area contributed by atoms with E-state index in [0.717, 1.165) is 25.4 Å². The SMILES string of the molecule is CC1=CCC[C@H](C)[C@@H]1CNC[C@H](C)C[C@@H](C)O. The van der Waals surface area contributed by atoms with Crippen molar-refractivity contribution in [2.45, 2.75) is 53.1 Å². The maximum absolute atomic E-state index is 9.32. The predicted octanol–water partition coefficient (Wildman–Crippen LogP) is 2.98. The summed E-state index contributed by atoms with van der Waals surface area (Å²) < 4.78 is 0. The second-order valence-electron chi connectivity index (χ2n) is 5.96. The van der Waals surface area contributed by atoms with Gasteiger partial charge < -0.3 is 10.4 Å². The Morgan fingerprint density at radius 1 is 1.47 bits per heavy atom. The van der Waals surface area contributed by atoms with Crippen molar-refractivity contribution in [3.63, 3.8) is 0 Å². The van der Waals surface area contributed by atoms with Gasteiger partial charge in [-0.15, -0.1) is 0 Å². The predicted molar refractivity (Wildman–Crippen MR) is 74.0 cm³/mol. The lowest BCUT2D eigenvalue weighted by Gasteiger charge is -2.29. The van der Waals surface area contributed by atoms with Gasteiger partial charge in [0.15, 0.2) is 0 Å². The van der Waals surface area contributed by atoms with E-state index in [1.165, 1.54) is 12.8 Å². The van der Waals surface area contributed by atoms with Crippen molar-refractivity contribution < 1.29 is 5.11 Å². The van der Waals surface area contributed by atoms with Gasteiger partial charge in [0.1, 0.15) is 0 Å². The largest absolute Gasteiger partial charge is 0.393 e. The van der Waals surface area contributed by atoms with Gasteiger partial charge in [0, 0.05) is 6.54 Å². The zero-order chi connectivity index (χ0) is 12.8. The Kier molecular flexibility index (Phi) is 6.21. The average Bonchev–Trinajstić information content (AvgIpc) is 2.21. The van der Waals surface area contributed by atoms with Gasteiger partial charge in [0.05, 0.1) is 6.10 Å². The average molecular weight is 239 g/mol. The minimum absolute atomic E-state index is 0.179. The molecule has 0 amide bonds. The molecule has 0 aromatic carbocycles. The molecule has 0 unspecified atom stereocenters. The second-order valence-corrected chi connectivity index (χ2v) is 5.96. The highest BCUT2D eigenvalue weighted by Gasteiger charge is 2.21. The van der Waals surface area contributed by atoms with Gasteiger partial charge in [0.2, 0.25) is 0 Å². The lowest BCUT2D eigenvalue weighted by Crippen LogP contribution is -2.32. The van der Waals surface area contributed by atoms with E-state index in [0.29, 0.717) is 11.8 Å². The van der Waals surface area contributed by atoms with Crippen LogP contribution in [0.4, 0.5) is 0 Å². The van der Waals surface area contributed by atoms with E-state index in [1.54, 1.807) is 5.57 Å². The van der Waals surface area contributed by atoms with E-state index in [2.05, 4.69) is 32.2 Å². The second kappa shape index (κ2) is 7.17. The molecule has 0 aliphatic heterocycles. The van der Waals surface area contributed by atoms with Gasteiger partial charge in [-0.3, -0.25) is 0 Å². The van der Waals surface area contributed by atoms with Crippen LogP contribution < -0.4 is 5.32 Å². The first-order valence-electron chi connectivity index (χ1n) is 7.06. The van der Waals surface area contributed by atoms with Crippen LogP contribution in [-0.4, -0.2) is 24.3 Å². The number of nitrogens with one attached hydrogen (secondary N) is 1. The molecule has 17 heavy (non-hydrogen) atoms. The summed E-state index contributed by atoms with van der Waals surface area (Å²) in [6.45, 7) is 10.8. The van der Waals surface area contributed by atoms with Crippen LogP contribution in [0.3, 0.4) is 0 Å². The standard InChI is InChI=1S/C15H29NO/c1-11(8-14(4)17)9-16-10-15-12(2)6-5-7-13(15)3/h6,11,13-17H,5,7-10H2,1-4H3/t11-,13+,14-,15-/m1/s1. The highest BCUT2D eigenvalue weighted by molar-refractivity contribution is 5.09. The normalized spacial score (nSPS) is 28.6. The van der Waals surface area contributed by atoms with Crippen molar-refractivity contribution >= 4 is 0 Å². The van der Waals surface area contributed by atoms with Crippen molar-refractivity contribution in [1.82, 2.24) is 5.32 Å². The molecule has 0 radical (unpaired) electrons. The summed E-state index contributed by atoms with van der Waals surface area (Å²) in [5.41, 5.74) is 1.56. The van der Waals surface area contributed by atoms with Gasteiger partial charge in [0.25, 0.3) is 0 Å². The highest BCUT2D eigenvalue weighted by atomic mass is 16.3. The molecule has 0 spiro atoms. The topological polar surface area (TPSA) is 32.3 Å². The van der Waals surface area contributed by atoms with Crippen molar-refractivity contribution in [1.29, 1.82) is 0 Å². The van der Waals surface area contributed by atoms with Crippen molar-refractivity contribution in [2.24, 2.45) is 17.8 Å². The molecule has 1 rings (SSSR count). The quantitative estimate of drug-likeness (QED) is 0.698. The Balaban J connectivity index is 2.25. The van der Waals surface area contributed by atoms with E-state index in [4.69, 9.17) is 0 Å². The molecule has 0 saturated heterocycles. The number of hydrogen-bond acceptors (Lipinski definition) is 2. The monoisotopic (exact) mass is 239 g/mol. The Morgan fingerprint density at radius 3 is 2.76 bits per heavy atom. The first-order valence-corrected chi connectivity index (χ1v) is 7.06. The van der Waals surface area contributed by atoms with E-state index < -0.39 is 0 Å². The van der Waals surface area contributed by atoms with Crippen LogP contribution in [0.25, 0.3) is 0 Å². The lowest BCUT2D eigenvalue weighted by molar-refractivity contribution is 0.162. The zero-order valence-corrected chi connectivity index (χ0v) is 11.9. The van der Waals surface area contributed by atoms with Gasteiger partial charge in [-0.25, -0.2) is 0 Å². The summed E-state index contributed by atoms with van der Waals surface area (Å²) in [7, 11) is 0. The molecule has 0 bridgehead atoms. The molecule has 1 aliphatic rings. The fraction of sp³-hybridized carbons (Fsp3) is 0.867. The molecule has 0 aromatic heterocycles. The number of rotatable bonds is 6. The smallest absolute Gasteiger partial charge is 0.0515 e. The molecule has 4 atom stereocenters. The van der Waals surface area contributed by atoms with Crippen LogP contribution in [0, 0.1) is 17.8 Å². The summed E-state index contributed by atoms with van der Waals surface area (Å²) in [6.07, 6.45) is 5.68. The third-order valence-electron chi connectivity index (χ3n) is 3.96. The van der Waals surface area contributed by atoms with Crippen LogP contribution in [0.5, 0.6) is 0 Å². The highest BCUT2D eigenvalue weighted by Crippen LogP contribution is 2.29. The number of allylic oxidation sites excluding steroid dienone is 1. The van der Waals surface area contributed by atoms with Crippen LogP contribution >= 0.6 is 0 Å². The Hall–Kier alpha value is -0.340. The van der Waals surface area contributed by atoms with Crippen molar-refractivity contribution in [3.8, 4) is 0 Å². The van der Waals surface area contributed by atoms with Gasteiger partial charge >= 0.3 is 0 Å².